The second kappa shape index (κ2) is 8.77. The Hall–Kier alpha value is -1.35. The van der Waals surface area contributed by atoms with Crippen LogP contribution in [0.25, 0.3) is 0 Å². The lowest BCUT2D eigenvalue weighted by molar-refractivity contribution is 0.504. The Balaban J connectivity index is 0.00000210. The van der Waals surface area contributed by atoms with Gasteiger partial charge in [0, 0.05) is 37.0 Å². The summed E-state index contributed by atoms with van der Waals surface area (Å²) in [5.74, 6) is 2.89. The Kier molecular flexibility index (Phi) is 6.62. The number of nitrogens with zero attached hydrogens (tertiary/aromatic N) is 4. The minimum absolute atomic E-state index is 0. The fourth-order valence-corrected chi connectivity index (χ4v) is 3.86. The van der Waals surface area contributed by atoms with Gasteiger partial charge in [-0.2, -0.15) is 0 Å². The summed E-state index contributed by atoms with van der Waals surface area (Å²) in [6.07, 6.45) is 5.79. The van der Waals surface area contributed by atoms with Crippen LogP contribution in [0.3, 0.4) is 0 Å². The van der Waals surface area contributed by atoms with Crippen molar-refractivity contribution in [1.82, 2.24) is 25.4 Å². The molecule has 1 aromatic carbocycles. The van der Waals surface area contributed by atoms with Gasteiger partial charge >= 0.3 is 0 Å². The van der Waals surface area contributed by atoms with Crippen molar-refractivity contribution >= 4 is 41.5 Å². The molecular formula is C19H26ClIN6. The van der Waals surface area contributed by atoms with Crippen LogP contribution in [0.15, 0.2) is 29.3 Å². The largest absolute Gasteiger partial charge is 0.356 e. The molecule has 1 aromatic heterocycles. The predicted octanol–water partition coefficient (Wildman–Crippen LogP) is 3.28. The van der Waals surface area contributed by atoms with Gasteiger partial charge in [-0.1, -0.05) is 23.7 Å². The van der Waals surface area contributed by atoms with Crippen LogP contribution >= 0.6 is 35.6 Å². The number of nitrogens with one attached hydrogen (secondary N) is 2. The number of hydrogen-bond donors (Lipinski definition) is 2. The number of rotatable bonds is 5. The van der Waals surface area contributed by atoms with Crippen LogP contribution < -0.4 is 10.6 Å². The summed E-state index contributed by atoms with van der Waals surface area (Å²) < 4.78 is 2.23. The SMILES string of the molecule is CN=C(NCc1nnc2n1CCCC2)NCC1(c2cccc(Cl)c2)CC1.I. The third kappa shape index (κ3) is 4.56. The highest BCUT2D eigenvalue weighted by Gasteiger charge is 2.44. The molecule has 0 unspecified atom stereocenters. The van der Waals surface area contributed by atoms with Crippen LogP contribution in [0, 0.1) is 0 Å². The molecule has 2 heterocycles. The molecule has 2 aromatic rings. The van der Waals surface area contributed by atoms with Crippen LogP contribution in [0.5, 0.6) is 0 Å². The van der Waals surface area contributed by atoms with E-state index in [9.17, 15) is 0 Å². The van der Waals surface area contributed by atoms with E-state index >= 15 is 0 Å². The first kappa shape index (κ1) is 20.4. The fourth-order valence-electron chi connectivity index (χ4n) is 3.67. The Morgan fingerprint density at radius 1 is 1.26 bits per heavy atom. The van der Waals surface area contributed by atoms with Crippen LogP contribution in [0.4, 0.5) is 0 Å². The van der Waals surface area contributed by atoms with Gasteiger partial charge < -0.3 is 15.2 Å². The highest BCUT2D eigenvalue weighted by Crippen LogP contribution is 2.48. The molecule has 2 aliphatic rings. The minimum Gasteiger partial charge on any atom is -0.356 e. The lowest BCUT2D eigenvalue weighted by atomic mass is 9.96. The summed E-state index contributed by atoms with van der Waals surface area (Å²) in [6.45, 7) is 2.51. The van der Waals surface area contributed by atoms with Gasteiger partial charge in [0.15, 0.2) is 11.8 Å². The third-order valence-electron chi connectivity index (χ3n) is 5.46. The molecule has 0 bridgehead atoms. The van der Waals surface area contributed by atoms with Crippen LogP contribution in [0.1, 0.15) is 42.9 Å². The molecule has 27 heavy (non-hydrogen) atoms. The van der Waals surface area contributed by atoms with Crippen LogP contribution in [-0.4, -0.2) is 34.3 Å². The Bertz CT molecular complexity index is 814. The highest BCUT2D eigenvalue weighted by atomic mass is 127. The van der Waals surface area contributed by atoms with Gasteiger partial charge in [0.2, 0.25) is 0 Å². The predicted molar refractivity (Wildman–Crippen MR) is 119 cm³/mol. The number of aryl methyl sites for hydroxylation is 1. The zero-order valence-electron chi connectivity index (χ0n) is 15.5. The number of fused-ring (bicyclic) bond motifs is 1. The number of guanidine groups is 1. The van der Waals surface area contributed by atoms with Gasteiger partial charge in [-0.3, -0.25) is 4.99 Å². The van der Waals surface area contributed by atoms with E-state index in [1.165, 1.54) is 31.2 Å². The quantitative estimate of drug-likeness (QED) is 0.376. The molecule has 1 fully saturated rings. The molecule has 8 heteroatoms. The first-order chi connectivity index (χ1) is 12.7. The van der Waals surface area contributed by atoms with Crippen LogP contribution in [-0.2, 0) is 24.9 Å². The standard InChI is InChI=1S/C19H25ClN6.HI/c1-21-18(22-12-17-25-24-16-7-2-3-10-26(16)17)23-13-19(8-9-19)14-5-4-6-15(20)11-14;/h4-6,11H,2-3,7-10,12-13H2,1H3,(H2,21,22,23);1H. The summed E-state index contributed by atoms with van der Waals surface area (Å²) in [6, 6.07) is 8.20. The molecule has 0 saturated heterocycles. The van der Waals surface area contributed by atoms with E-state index in [0.29, 0.717) is 6.54 Å². The second-order valence-corrected chi connectivity index (χ2v) is 7.65. The van der Waals surface area contributed by atoms with E-state index in [1.54, 1.807) is 7.05 Å². The van der Waals surface area contributed by atoms with Gasteiger partial charge in [0.05, 0.1) is 6.54 Å². The minimum atomic E-state index is 0. The molecular weight excluding hydrogens is 475 g/mol. The van der Waals surface area contributed by atoms with Crippen molar-refractivity contribution < 1.29 is 0 Å². The second-order valence-electron chi connectivity index (χ2n) is 7.21. The van der Waals surface area contributed by atoms with Crippen molar-refractivity contribution in [3.05, 3.63) is 46.5 Å². The Morgan fingerprint density at radius 2 is 2.11 bits per heavy atom. The van der Waals surface area contributed by atoms with E-state index in [1.807, 2.05) is 12.1 Å². The van der Waals surface area contributed by atoms with Crippen molar-refractivity contribution in [1.29, 1.82) is 0 Å². The lowest BCUT2D eigenvalue weighted by Gasteiger charge is -2.20. The van der Waals surface area contributed by atoms with E-state index in [4.69, 9.17) is 11.6 Å². The topological polar surface area (TPSA) is 67.1 Å². The average Bonchev–Trinajstić information content (AvgIpc) is 3.35. The van der Waals surface area contributed by atoms with Crippen molar-refractivity contribution in [3.8, 4) is 0 Å². The van der Waals surface area contributed by atoms with Crippen molar-refractivity contribution in [2.24, 2.45) is 4.99 Å². The van der Waals surface area contributed by atoms with Gasteiger partial charge in [0.1, 0.15) is 5.82 Å². The molecule has 2 N–H and O–H groups in total. The van der Waals surface area contributed by atoms with Crippen molar-refractivity contribution in [2.75, 3.05) is 13.6 Å². The van der Waals surface area contributed by atoms with E-state index in [-0.39, 0.29) is 29.4 Å². The molecule has 6 nitrogen and oxygen atoms in total. The van der Waals surface area contributed by atoms with E-state index < -0.39 is 0 Å². The van der Waals surface area contributed by atoms with Gasteiger partial charge in [0.25, 0.3) is 0 Å². The molecule has 0 amide bonds. The maximum atomic E-state index is 6.16. The number of aromatic nitrogens is 3. The zero-order valence-corrected chi connectivity index (χ0v) is 18.6. The lowest BCUT2D eigenvalue weighted by Crippen LogP contribution is -2.41. The number of halogens is 2. The molecule has 4 rings (SSSR count). The molecule has 0 radical (unpaired) electrons. The molecule has 1 aliphatic carbocycles. The summed E-state index contributed by atoms with van der Waals surface area (Å²) in [5, 5.41) is 16.3. The number of aliphatic imine (C=N–C) groups is 1. The highest BCUT2D eigenvalue weighted by molar-refractivity contribution is 14.0. The Labute approximate surface area is 182 Å². The van der Waals surface area contributed by atoms with Crippen molar-refractivity contribution in [2.45, 2.75) is 50.6 Å². The molecule has 0 atom stereocenters. The summed E-state index contributed by atoms with van der Waals surface area (Å²) in [5.41, 5.74) is 1.48. The van der Waals surface area contributed by atoms with Crippen molar-refractivity contribution in [3.63, 3.8) is 0 Å². The van der Waals surface area contributed by atoms with E-state index in [0.717, 1.165) is 42.1 Å². The molecule has 1 aliphatic heterocycles. The van der Waals surface area contributed by atoms with Crippen LogP contribution in [0.2, 0.25) is 5.02 Å². The number of hydrogen-bond acceptors (Lipinski definition) is 3. The third-order valence-corrected chi connectivity index (χ3v) is 5.69. The van der Waals surface area contributed by atoms with E-state index in [2.05, 4.69) is 42.5 Å². The zero-order chi connectivity index (χ0) is 18.0. The van der Waals surface area contributed by atoms with Gasteiger partial charge in [-0.15, -0.1) is 34.2 Å². The maximum Gasteiger partial charge on any atom is 0.191 e. The summed E-state index contributed by atoms with van der Waals surface area (Å²) >= 11 is 6.16. The van der Waals surface area contributed by atoms with Gasteiger partial charge in [-0.05, 0) is 43.4 Å². The fraction of sp³-hybridized carbons (Fsp3) is 0.526. The molecule has 146 valence electrons. The molecule has 1 saturated carbocycles. The Morgan fingerprint density at radius 3 is 2.85 bits per heavy atom. The molecule has 0 spiro atoms. The first-order valence-corrected chi connectivity index (χ1v) is 9.69. The number of benzene rings is 1. The maximum absolute atomic E-state index is 6.16. The normalized spacial score (nSPS) is 17.6. The first-order valence-electron chi connectivity index (χ1n) is 9.32. The van der Waals surface area contributed by atoms with Gasteiger partial charge in [-0.25, -0.2) is 0 Å². The average molecular weight is 501 g/mol. The summed E-state index contributed by atoms with van der Waals surface area (Å²) in [4.78, 5) is 4.35. The monoisotopic (exact) mass is 500 g/mol. The summed E-state index contributed by atoms with van der Waals surface area (Å²) in [7, 11) is 1.80. The smallest absolute Gasteiger partial charge is 0.191 e.